The molecule has 28 heavy (non-hydrogen) atoms. The average Bonchev–Trinajstić information content (AvgIpc) is 3.06. The zero-order valence-electron chi connectivity index (χ0n) is 15.8. The van der Waals surface area contributed by atoms with Crippen molar-refractivity contribution in [3.05, 3.63) is 88.0 Å². The molecule has 0 radical (unpaired) electrons. The smallest absolute Gasteiger partial charge is 0.341 e. The predicted octanol–water partition coefficient (Wildman–Crippen LogP) is 3.53. The van der Waals surface area contributed by atoms with Gasteiger partial charge in [0.2, 0.25) is 0 Å². The summed E-state index contributed by atoms with van der Waals surface area (Å²) in [7, 11) is 1.31. The summed E-state index contributed by atoms with van der Waals surface area (Å²) in [4.78, 5) is 25.4. The molecular formula is C22H19N3O3. The number of nitrogens with zero attached hydrogens (tertiary/aromatic N) is 3. The third kappa shape index (κ3) is 2.89. The molecule has 0 saturated carbocycles. The number of fused-ring (bicyclic) bond motifs is 1. The summed E-state index contributed by atoms with van der Waals surface area (Å²) < 4.78 is 8.00. The number of rotatable bonds is 3. The second-order valence-electron chi connectivity index (χ2n) is 6.65. The number of benzene rings is 2. The molecule has 0 bridgehead atoms. The first-order chi connectivity index (χ1) is 13.5. The number of hydrogen-bond acceptors (Lipinski definition) is 4. The van der Waals surface area contributed by atoms with Gasteiger partial charge in [-0.05, 0) is 49.2 Å². The van der Waals surface area contributed by atoms with E-state index in [-0.39, 0.29) is 11.1 Å². The molecule has 2 heterocycles. The number of ether oxygens (including phenoxy) is 1. The molecule has 140 valence electrons. The third-order valence-electron chi connectivity index (χ3n) is 4.86. The summed E-state index contributed by atoms with van der Waals surface area (Å²) in [5.74, 6) is -0.541. The molecular weight excluding hydrogens is 354 g/mol. The molecule has 0 aromatic heterocycles. The fourth-order valence-corrected chi connectivity index (χ4v) is 3.15. The molecule has 0 aliphatic carbocycles. The Labute approximate surface area is 162 Å². The Bertz CT molecular complexity index is 1210. The number of para-hydroxylation sites is 1. The lowest BCUT2D eigenvalue weighted by Gasteiger charge is -2.13. The first kappa shape index (κ1) is 17.7. The van der Waals surface area contributed by atoms with Crippen LogP contribution in [0.1, 0.15) is 21.5 Å². The van der Waals surface area contributed by atoms with Crippen LogP contribution in [0.4, 0.5) is 0 Å². The first-order valence-corrected chi connectivity index (χ1v) is 8.86. The molecule has 0 N–H and O–H groups in total. The van der Waals surface area contributed by atoms with Crippen molar-refractivity contribution in [2.75, 3.05) is 7.11 Å². The van der Waals surface area contributed by atoms with Crippen molar-refractivity contribution >= 4 is 5.97 Å². The van der Waals surface area contributed by atoms with Gasteiger partial charge in [-0.3, -0.25) is 4.79 Å². The zero-order chi connectivity index (χ0) is 19.8. The van der Waals surface area contributed by atoms with Crippen molar-refractivity contribution in [1.82, 2.24) is 14.3 Å². The van der Waals surface area contributed by atoms with Gasteiger partial charge >= 0.3 is 5.97 Å². The van der Waals surface area contributed by atoms with Gasteiger partial charge in [0.1, 0.15) is 11.3 Å². The van der Waals surface area contributed by atoms with E-state index in [1.807, 2.05) is 50.2 Å². The van der Waals surface area contributed by atoms with E-state index in [9.17, 15) is 9.59 Å². The maximum Gasteiger partial charge on any atom is 0.341 e. The second kappa shape index (κ2) is 6.81. The number of carbonyl (C=O) groups is 1. The van der Waals surface area contributed by atoms with Gasteiger partial charge in [0.05, 0.1) is 18.4 Å². The number of carbonyl (C=O) groups excluding carboxylic acids is 1. The Morgan fingerprint density at radius 2 is 1.71 bits per heavy atom. The van der Waals surface area contributed by atoms with Gasteiger partial charge in [0.15, 0.2) is 0 Å². The first-order valence-electron chi connectivity index (χ1n) is 8.86. The summed E-state index contributed by atoms with van der Waals surface area (Å²) in [6.45, 7) is 4.05. The van der Waals surface area contributed by atoms with Crippen molar-refractivity contribution in [2.45, 2.75) is 13.8 Å². The molecule has 2 aliphatic heterocycles. The average molecular weight is 373 g/mol. The normalized spacial score (nSPS) is 11.0. The molecule has 4 rings (SSSR count). The van der Waals surface area contributed by atoms with E-state index in [1.165, 1.54) is 17.4 Å². The van der Waals surface area contributed by atoms with Gasteiger partial charge in [-0.2, -0.15) is 9.78 Å². The Hall–Kier alpha value is -3.67. The molecule has 2 aromatic carbocycles. The van der Waals surface area contributed by atoms with Crippen LogP contribution < -0.4 is 5.56 Å². The van der Waals surface area contributed by atoms with Gasteiger partial charge in [-0.1, -0.05) is 24.3 Å². The fraction of sp³-hybridized carbons (Fsp3) is 0.136. The maximum absolute atomic E-state index is 13.0. The van der Waals surface area contributed by atoms with E-state index in [2.05, 4.69) is 5.10 Å². The number of hydrogen-bond donors (Lipinski definition) is 0. The van der Waals surface area contributed by atoms with E-state index in [0.29, 0.717) is 16.9 Å². The Balaban J connectivity index is 2.00. The van der Waals surface area contributed by atoms with Crippen LogP contribution in [0.5, 0.6) is 0 Å². The number of aryl methyl sites for hydroxylation is 2. The van der Waals surface area contributed by atoms with Gasteiger partial charge in [-0.15, -0.1) is 0 Å². The van der Waals surface area contributed by atoms with Gasteiger partial charge in [-0.25, -0.2) is 4.79 Å². The molecule has 0 fully saturated rings. The second-order valence-corrected chi connectivity index (χ2v) is 6.65. The van der Waals surface area contributed by atoms with E-state index in [1.54, 1.807) is 29.1 Å². The van der Waals surface area contributed by atoms with Crippen LogP contribution in [0.25, 0.3) is 22.6 Å². The van der Waals surface area contributed by atoms with Crippen LogP contribution in [-0.4, -0.2) is 27.4 Å². The van der Waals surface area contributed by atoms with Crippen molar-refractivity contribution < 1.29 is 9.53 Å². The monoisotopic (exact) mass is 373 g/mol. The summed E-state index contributed by atoms with van der Waals surface area (Å²) >= 11 is 0. The molecule has 0 spiro atoms. The van der Waals surface area contributed by atoms with Crippen molar-refractivity contribution in [2.24, 2.45) is 0 Å². The third-order valence-corrected chi connectivity index (χ3v) is 4.86. The highest BCUT2D eigenvalue weighted by atomic mass is 16.5. The van der Waals surface area contributed by atoms with Crippen LogP contribution in [0, 0.1) is 13.8 Å². The van der Waals surface area contributed by atoms with Crippen molar-refractivity contribution in [1.29, 1.82) is 0 Å². The van der Waals surface area contributed by atoms with Gasteiger partial charge < -0.3 is 9.30 Å². The summed E-state index contributed by atoms with van der Waals surface area (Å²) in [6, 6.07) is 15.1. The standard InChI is InChI=1S/C22H19N3O3/c1-14-9-10-17(11-15(14)2)24-12-18-20(19(13-24)22(27)28-3)23-25(21(18)26)16-7-5-4-6-8-16/h4-13H,1-3H3. The molecule has 0 unspecified atom stereocenters. The summed E-state index contributed by atoms with van der Waals surface area (Å²) in [5, 5.41) is 4.41. The highest BCUT2D eigenvalue weighted by Crippen LogP contribution is 2.25. The van der Waals surface area contributed by atoms with E-state index in [0.717, 1.165) is 11.3 Å². The number of pyridine rings is 1. The molecule has 0 atom stereocenters. The van der Waals surface area contributed by atoms with Gasteiger partial charge in [0.25, 0.3) is 5.56 Å². The predicted molar refractivity (Wildman–Crippen MR) is 107 cm³/mol. The maximum atomic E-state index is 13.0. The minimum atomic E-state index is -0.541. The minimum absolute atomic E-state index is 0.241. The van der Waals surface area contributed by atoms with Gasteiger partial charge in [0, 0.05) is 18.1 Å². The largest absolute Gasteiger partial charge is 0.465 e. The topological polar surface area (TPSA) is 66.1 Å². The molecule has 0 saturated heterocycles. The van der Waals surface area contributed by atoms with Crippen LogP contribution in [0.15, 0.2) is 65.7 Å². The quantitative estimate of drug-likeness (QED) is 0.515. The lowest BCUT2D eigenvalue weighted by Crippen LogP contribution is -2.15. The number of aromatic nitrogens is 3. The number of esters is 1. The Kier molecular flexibility index (Phi) is 4.31. The molecule has 2 aliphatic rings. The van der Waals surface area contributed by atoms with E-state index < -0.39 is 5.97 Å². The molecule has 2 aromatic rings. The van der Waals surface area contributed by atoms with E-state index >= 15 is 0 Å². The van der Waals surface area contributed by atoms with E-state index in [4.69, 9.17) is 4.74 Å². The lowest BCUT2D eigenvalue weighted by molar-refractivity contribution is 0.0600. The summed E-state index contributed by atoms with van der Waals surface area (Å²) in [6.07, 6.45) is 3.36. The highest BCUT2D eigenvalue weighted by molar-refractivity contribution is 5.96. The Morgan fingerprint density at radius 1 is 0.964 bits per heavy atom. The SMILES string of the molecule is COC(=O)c1cn(-c2ccc(C)c(C)c2)cc2c(=O)n(-c3ccccc3)nc1-2. The highest BCUT2D eigenvalue weighted by Gasteiger charge is 2.25. The fourth-order valence-electron chi connectivity index (χ4n) is 3.15. The minimum Gasteiger partial charge on any atom is -0.465 e. The molecule has 0 amide bonds. The van der Waals surface area contributed by atoms with Crippen molar-refractivity contribution in [3.63, 3.8) is 0 Å². The molecule has 6 heteroatoms. The van der Waals surface area contributed by atoms with Crippen LogP contribution in [0.3, 0.4) is 0 Å². The summed E-state index contributed by atoms with van der Waals surface area (Å²) in [5.41, 5.74) is 4.40. The molecule has 6 nitrogen and oxygen atoms in total. The van der Waals surface area contributed by atoms with Crippen LogP contribution in [0.2, 0.25) is 0 Å². The van der Waals surface area contributed by atoms with Crippen LogP contribution in [-0.2, 0) is 4.74 Å². The van der Waals surface area contributed by atoms with Crippen LogP contribution >= 0.6 is 0 Å². The Morgan fingerprint density at radius 3 is 2.39 bits per heavy atom. The lowest BCUT2D eigenvalue weighted by atomic mass is 10.1. The zero-order valence-corrected chi connectivity index (χ0v) is 15.8. The van der Waals surface area contributed by atoms with Crippen molar-refractivity contribution in [3.8, 4) is 22.6 Å². The number of methoxy groups -OCH3 is 1.